The number of rotatable bonds is 9. The summed E-state index contributed by atoms with van der Waals surface area (Å²) in [7, 11) is 0. The van der Waals surface area contributed by atoms with Crippen molar-refractivity contribution in [3.05, 3.63) is 63.6 Å². The summed E-state index contributed by atoms with van der Waals surface area (Å²) >= 11 is 0. The highest BCUT2D eigenvalue weighted by atomic mass is 16.3. The zero-order chi connectivity index (χ0) is 25.2. The van der Waals surface area contributed by atoms with Crippen LogP contribution >= 0.6 is 0 Å². The van der Waals surface area contributed by atoms with Gasteiger partial charge in [-0.15, -0.1) is 0 Å². The van der Waals surface area contributed by atoms with Crippen LogP contribution in [0.15, 0.2) is 30.3 Å². The highest BCUT2D eigenvalue weighted by molar-refractivity contribution is 5.50. The van der Waals surface area contributed by atoms with Gasteiger partial charge in [0.2, 0.25) is 0 Å². The minimum absolute atomic E-state index is 0.0311. The van der Waals surface area contributed by atoms with Crippen molar-refractivity contribution in [2.45, 2.75) is 99.1 Å². The second kappa shape index (κ2) is 10.5. The molecule has 0 fully saturated rings. The summed E-state index contributed by atoms with van der Waals surface area (Å²) in [4.78, 5) is 2.48. The Kier molecular flexibility index (Phi) is 7.03. The first kappa shape index (κ1) is 20.1. The van der Waals surface area contributed by atoms with Crippen LogP contribution < -0.4 is 0 Å². The molecule has 0 bridgehead atoms. The third-order valence-corrected chi connectivity index (χ3v) is 6.67. The summed E-state index contributed by atoms with van der Waals surface area (Å²) in [6.07, 6.45) is 1.79. The first-order chi connectivity index (χ1) is 15.3. The molecular weight excluding hydrogens is 366 g/mol. The molecular formula is C28H43NO. The van der Waals surface area contributed by atoms with Gasteiger partial charge in [-0.05, 0) is 101 Å². The zero-order valence-electron chi connectivity index (χ0n) is 23.5. The number of hydrogen-bond donors (Lipinski definition) is 1. The quantitative estimate of drug-likeness (QED) is 0.461. The van der Waals surface area contributed by atoms with E-state index >= 15 is 0 Å². The van der Waals surface area contributed by atoms with E-state index in [-0.39, 0.29) is 29.8 Å². The number of aryl methyl sites for hydroxylation is 1. The summed E-state index contributed by atoms with van der Waals surface area (Å²) in [6, 6.07) is 4.98. The standard InChI is InChI=1S/C28H43NO/c1-10-22(8)29(19(4)5)15-14-25(24-13-11-12-20(6)23(24)9)27-17-26(18(2)3)21(7)16-28(27)30/h11-13,16-19,22,25,30H,10,14-15H2,1-9H3/t22?,25-/m1/s1/i11D,12D,13D. The molecule has 1 N–H and O–H groups in total. The van der Waals surface area contributed by atoms with Crippen LogP contribution in [0.4, 0.5) is 0 Å². The second-order valence-electron chi connectivity index (χ2n) is 9.39. The SMILES string of the molecule is [2H]c1c([2H])c(C)c(C)c([C@@H](CCN(C(C)C)C(C)CC)c2cc(C(C)C)c(C)cc2O)c1[2H]. The van der Waals surface area contributed by atoms with Crippen molar-refractivity contribution in [2.24, 2.45) is 0 Å². The van der Waals surface area contributed by atoms with Gasteiger partial charge in [-0.1, -0.05) is 45.0 Å². The van der Waals surface area contributed by atoms with Crippen LogP contribution in [0.5, 0.6) is 5.75 Å². The smallest absolute Gasteiger partial charge is 0.119 e. The average Bonchev–Trinajstić information content (AvgIpc) is 2.74. The summed E-state index contributed by atoms with van der Waals surface area (Å²) in [5, 5.41) is 11.1. The Bertz CT molecular complexity index is 955. The predicted octanol–water partition coefficient (Wildman–Crippen LogP) is 7.47. The third-order valence-electron chi connectivity index (χ3n) is 6.67. The lowest BCUT2D eigenvalue weighted by Gasteiger charge is -2.34. The second-order valence-corrected chi connectivity index (χ2v) is 9.39. The molecule has 2 heteroatoms. The molecule has 2 atom stereocenters. The number of hydrogen-bond acceptors (Lipinski definition) is 2. The van der Waals surface area contributed by atoms with E-state index in [1.165, 1.54) is 5.56 Å². The van der Waals surface area contributed by atoms with Crippen LogP contribution in [0.2, 0.25) is 0 Å². The lowest BCUT2D eigenvalue weighted by molar-refractivity contribution is 0.156. The molecule has 30 heavy (non-hydrogen) atoms. The van der Waals surface area contributed by atoms with Gasteiger partial charge in [0.15, 0.2) is 0 Å². The molecule has 0 saturated heterocycles. The molecule has 0 aliphatic carbocycles. The Morgan fingerprint density at radius 2 is 1.60 bits per heavy atom. The molecule has 2 rings (SSSR count). The van der Waals surface area contributed by atoms with Crippen LogP contribution in [-0.2, 0) is 0 Å². The minimum atomic E-state index is -0.218. The van der Waals surface area contributed by atoms with Gasteiger partial charge < -0.3 is 5.11 Å². The van der Waals surface area contributed by atoms with Gasteiger partial charge in [0.05, 0.1) is 4.11 Å². The van der Waals surface area contributed by atoms with Crippen LogP contribution in [0.1, 0.15) is 104 Å². The van der Waals surface area contributed by atoms with Crippen molar-refractivity contribution in [2.75, 3.05) is 6.54 Å². The van der Waals surface area contributed by atoms with E-state index in [0.717, 1.165) is 47.2 Å². The lowest BCUT2D eigenvalue weighted by atomic mass is 9.82. The van der Waals surface area contributed by atoms with E-state index in [1.807, 2.05) is 26.8 Å². The summed E-state index contributed by atoms with van der Waals surface area (Å²) in [5.74, 6) is 0.349. The molecule has 1 unspecified atom stereocenters. The maximum absolute atomic E-state index is 11.1. The van der Waals surface area contributed by atoms with Crippen molar-refractivity contribution in [3.63, 3.8) is 0 Å². The van der Waals surface area contributed by atoms with Gasteiger partial charge in [0.25, 0.3) is 0 Å². The van der Waals surface area contributed by atoms with Crippen molar-refractivity contribution in [1.82, 2.24) is 4.90 Å². The predicted molar refractivity (Wildman–Crippen MR) is 131 cm³/mol. The number of benzene rings is 2. The molecule has 0 saturated carbocycles. The molecule has 2 nitrogen and oxygen atoms in total. The number of nitrogens with zero attached hydrogens (tertiary/aromatic N) is 1. The zero-order valence-corrected chi connectivity index (χ0v) is 20.5. The molecule has 0 spiro atoms. The largest absolute Gasteiger partial charge is 0.508 e. The number of phenolic OH excluding ortho intramolecular Hbond substituents is 1. The molecule has 0 radical (unpaired) electrons. The van der Waals surface area contributed by atoms with Gasteiger partial charge in [-0.2, -0.15) is 0 Å². The maximum Gasteiger partial charge on any atom is 0.119 e. The Hall–Kier alpha value is -1.80. The van der Waals surface area contributed by atoms with Gasteiger partial charge >= 0.3 is 0 Å². The minimum Gasteiger partial charge on any atom is -0.508 e. The van der Waals surface area contributed by atoms with Gasteiger partial charge in [-0.3, -0.25) is 4.90 Å². The molecule has 0 heterocycles. The Balaban J connectivity index is 2.74. The Morgan fingerprint density at radius 3 is 2.17 bits per heavy atom. The van der Waals surface area contributed by atoms with Crippen molar-refractivity contribution in [3.8, 4) is 5.75 Å². The number of aromatic hydroxyl groups is 1. The summed E-state index contributed by atoms with van der Waals surface area (Å²) in [5.41, 5.74) is 5.49. The van der Waals surface area contributed by atoms with E-state index in [0.29, 0.717) is 18.0 Å². The maximum atomic E-state index is 11.1. The highest BCUT2D eigenvalue weighted by Gasteiger charge is 2.24. The summed E-state index contributed by atoms with van der Waals surface area (Å²) < 4.78 is 25.5. The van der Waals surface area contributed by atoms with Crippen LogP contribution in [0, 0.1) is 20.8 Å². The third kappa shape index (κ3) is 5.46. The molecule has 2 aromatic rings. The van der Waals surface area contributed by atoms with Gasteiger partial charge in [0.1, 0.15) is 5.75 Å². The molecule has 0 aromatic heterocycles. The fourth-order valence-corrected chi connectivity index (χ4v) is 4.51. The lowest BCUT2D eigenvalue weighted by Crippen LogP contribution is -2.39. The molecule has 2 aromatic carbocycles. The van der Waals surface area contributed by atoms with E-state index in [9.17, 15) is 5.11 Å². The first-order valence-electron chi connectivity index (χ1n) is 13.0. The fourth-order valence-electron chi connectivity index (χ4n) is 4.51. The van der Waals surface area contributed by atoms with E-state index < -0.39 is 0 Å². The fraction of sp³-hybridized carbons (Fsp3) is 0.571. The van der Waals surface area contributed by atoms with Crippen molar-refractivity contribution < 1.29 is 9.22 Å². The van der Waals surface area contributed by atoms with E-state index in [4.69, 9.17) is 4.11 Å². The van der Waals surface area contributed by atoms with Crippen molar-refractivity contribution >= 4 is 0 Å². The van der Waals surface area contributed by atoms with Gasteiger partial charge in [0, 0.05) is 23.6 Å². The Labute approximate surface area is 189 Å². The highest BCUT2D eigenvalue weighted by Crippen LogP contribution is 2.39. The van der Waals surface area contributed by atoms with E-state index in [2.05, 4.69) is 52.5 Å². The number of phenols is 1. The average molecular weight is 413 g/mol. The van der Waals surface area contributed by atoms with Crippen molar-refractivity contribution in [1.29, 1.82) is 0 Å². The molecule has 0 aliphatic heterocycles. The van der Waals surface area contributed by atoms with Crippen LogP contribution in [0.25, 0.3) is 0 Å². The van der Waals surface area contributed by atoms with Crippen LogP contribution in [-0.4, -0.2) is 28.6 Å². The monoisotopic (exact) mass is 412 g/mol. The molecule has 0 aliphatic rings. The molecule has 166 valence electrons. The van der Waals surface area contributed by atoms with Crippen LogP contribution in [0.3, 0.4) is 0 Å². The normalized spacial score (nSPS) is 15.4. The van der Waals surface area contributed by atoms with Gasteiger partial charge in [-0.25, -0.2) is 0 Å². The van der Waals surface area contributed by atoms with E-state index in [1.54, 1.807) is 0 Å². The molecule has 0 amide bonds. The Morgan fingerprint density at radius 1 is 0.933 bits per heavy atom. The summed E-state index contributed by atoms with van der Waals surface area (Å²) in [6.45, 7) is 19.9. The topological polar surface area (TPSA) is 23.5 Å². The first-order valence-corrected chi connectivity index (χ1v) is 11.5.